The predicted octanol–water partition coefficient (Wildman–Crippen LogP) is 0.915. The number of likely N-dealkylation sites (tertiary alicyclic amines) is 1. The van der Waals surface area contributed by atoms with Gasteiger partial charge in [0.05, 0.1) is 18.2 Å². The molecule has 0 bridgehead atoms. The molecule has 0 radical (unpaired) electrons. The summed E-state index contributed by atoms with van der Waals surface area (Å²) in [4.78, 5) is 41.6. The van der Waals surface area contributed by atoms with Crippen molar-refractivity contribution in [2.45, 2.75) is 50.9 Å². The summed E-state index contributed by atoms with van der Waals surface area (Å²) in [7, 11) is 0. The van der Waals surface area contributed by atoms with E-state index in [4.69, 9.17) is 11.6 Å². The Labute approximate surface area is 203 Å². The van der Waals surface area contributed by atoms with Crippen molar-refractivity contribution in [2.75, 3.05) is 26.2 Å². The quantitative estimate of drug-likeness (QED) is 0.470. The maximum Gasteiger partial charge on any atom is 0.252 e. The van der Waals surface area contributed by atoms with E-state index in [0.717, 1.165) is 30.5 Å². The highest BCUT2D eigenvalue weighted by Crippen LogP contribution is 2.33. The largest absolute Gasteiger partial charge is 0.391 e. The van der Waals surface area contributed by atoms with Gasteiger partial charge < -0.3 is 30.6 Å². The lowest BCUT2D eigenvalue weighted by Gasteiger charge is -2.42. The number of benzene rings is 1. The summed E-state index contributed by atoms with van der Waals surface area (Å²) >= 11 is 6.01. The van der Waals surface area contributed by atoms with Crippen LogP contribution in [0.15, 0.2) is 35.5 Å². The smallest absolute Gasteiger partial charge is 0.252 e. The summed E-state index contributed by atoms with van der Waals surface area (Å²) in [6, 6.07) is 6.44. The van der Waals surface area contributed by atoms with Gasteiger partial charge in [-0.1, -0.05) is 43.5 Å². The third-order valence-corrected chi connectivity index (χ3v) is 7.07. The van der Waals surface area contributed by atoms with Crippen molar-refractivity contribution in [1.29, 1.82) is 0 Å². The molecule has 1 saturated heterocycles. The maximum atomic E-state index is 13.4. The van der Waals surface area contributed by atoms with Crippen LogP contribution in [0.1, 0.15) is 44.3 Å². The van der Waals surface area contributed by atoms with Gasteiger partial charge in [0.25, 0.3) is 5.91 Å². The van der Waals surface area contributed by atoms with Crippen molar-refractivity contribution in [1.82, 2.24) is 20.4 Å². The normalized spacial score (nSPS) is 26.8. The molecule has 34 heavy (non-hydrogen) atoms. The Balaban J connectivity index is 1.59. The molecule has 4 N–H and O–H groups in total. The lowest BCUT2D eigenvalue weighted by Crippen LogP contribution is -2.56. The van der Waals surface area contributed by atoms with Gasteiger partial charge >= 0.3 is 0 Å². The fourth-order valence-electron chi connectivity index (χ4n) is 5.05. The van der Waals surface area contributed by atoms with E-state index >= 15 is 0 Å². The van der Waals surface area contributed by atoms with E-state index in [1.807, 2.05) is 12.1 Å². The van der Waals surface area contributed by atoms with Gasteiger partial charge in [-0.2, -0.15) is 0 Å². The second kappa shape index (κ2) is 10.3. The zero-order chi connectivity index (χ0) is 24.4. The summed E-state index contributed by atoms with van der Waals surface area (Å²) in [6.45, 7) is 1.93. The Bertz CT molecular complexity index is 982. The van der Waals surface area contributed by atoms with Crippen LogP contribution in [0.2, 0.25) is 5.02 Å². The molecule has 0 saturated carbocycles. The monoisotopic (exact) mass is 490 g/mol. The van der Waals surface area contributed by atoms with Crippen LogP contribution in [-0.2, 0) is 14.4 Å². The molecule has 3 heterocycles. The number of halogens is 1. The molecular formula is C24H31ClN4O5. The molecule has 3 aliphatic rings. The van der Waals surface area contributed by atoms with Crippen molar-refractivity contribution in [3.8, 4) is 0 Å². The number of aliphatic hydroxyl groups is 2. The predicted molar refractivity (Wildman–Crippen MR) is 125 cm³/mol. The first-order chi connectivity index (χ1) is 16.3. The van der Waals surface area contributed by atoms with Crippen LogP contribution < -0.4 is 10.6 Å². The van der Waals surface area contributed by atoms with Gasteiger partial charge in [-0.15, -0.1) is 0 Å². The molecule has 3 aliphatic heterocycles. The Hall–Kier alpha value is -2.62. The van der Waals surface area contributed by atoms with Crippen LogP contribution in [0, 0.1) is 5.92 Å². The SMILES string of the molecule is CCCCC1CN(C(=O)[C@@H]2C[C@@H](O)CN2C(=O)CO)CC2=C1NC(c1ccc(Cl)cc1)NC2=O. The Kier molecular flexibility index (Phi) is 7.45. The summed E-state index contributed by atoms with van der Waals surface area (Å²) in [5.41, 5.74) is 2.26. The standard InChI is InChI=1S/C24H31ClN4O5/c1-2-3-4-15-10-28(24(34)19-9-17(31)11-29(19)20(32)13-30)12-18-21(15)26-22(27-23(18)33)14-5-7-16(25)8-6-14/h5-8,15,17,19,22,26,30-31H,2-4,9-13H2,1H3,(H,27,33)/t15?,17-,19+,22?/m1/s1. The molecule has 0 aromatic heterocycles. The van der Waals surface area contributed by atoms with E-state index in [0.29, 0.717) is 17.1 Å². The van der Waals surface area contributed by atoms with Gasteiger partial charge in [0.1, 0.15) is 18.8 Å². The van der Waals surface area contributed by atoms with Crippen molar-refractivity contribution in [3.63, 3.8) is 0 Å². The number of aliphatic hydroxyl groups excluding tert-OH is 2. The molecule has 10 heteroatoms. The number of carbonyl (C=O) groups excluding carboxylic acids is 3. The lowest BCUT2D eigenvalue weighted by atomic mass is 9.88. The zero-order valence-corrected chi connectivity index (χ0v) is 19.9. The Morgan fingerprint density at radius 3 is 2.59 bits per heavy atom. The van der Waals surface area contributed by atoms with Crippen LogP contribution in [0.5, 0.6) is 0 Å². The number of unbranched alkanes of at least 4 members (excludes halogenated alkanes) is 1. The first-order valence-corrected chi connectivity index (χ1v) is 12.1. The third kappa shape index (κ3) is 4.92. The van der Waals surface area contributed by atoms with Crippen molar-refractivity contribution < 1.29 is 24.6 Å². The van der Waals surface area contributed by atoms with Gasteiger partial charge in [0.15, 0.2) is 0 Å². The molecule has 2 unspecified atom stereocenters. The number of nitrogens with zero attached hydrogens (tertiary/aromatic N) is 2. The second-order valence-electron chi connectivity index (χ2n) is 9.16. The van der Waals surface area contributed by atoms with E-state index in [-0.39, 0.29) is 37.2 Å². The minimum absolute atomic E-state index is 0.0155. The Morgan fingerprint density at radius 2 is 1.91 bits per heavy atom. The summed E-state index contributed by atoms with van der Waals surface area (Å²) in [6.07, 6.45) is 1.63. The molecular weight excluding hydrogens is 460 g/mol. The molecule has 0 spiro atoms. The summed E-state index contributed by atoms with van der Waals surface area (Å²) in [5.74, 6) is -1.18. The number of β-amino-alcohol motifs (C(OH)–C–C–N with tert-alkyl or cyclic N) is 1. The number of amides is 3. The van der Waals surface area contributed by atoms with E-state index < -0.39 is 30.8 Å². The van der Waals surface area contributed by atoms with Gasteiger partial charge in [-0.25, -0.2) is 0 Å². The molecule has 9 nitrogen and oxygen atoms in total. The molecule has 1 aromatic carbocycles. The summed E-state index contributed by atoms with van der Waals surface area (Å²) in [5, 5.41) is 26.4. The van der Waals surface area contributed by atoms with Crippen molar-refractivity contribution >= 4 is 29.3 Å². The molecule has 0 aliphatic carbocycles. The number of hydrogen-bond acceptors (Lipinski definition) is 6. The number of rotatable bonds is 6. The van der Waals surface area contributed by atoms with Crippen LogP contribution in [-0.4, -0.2) is 76.1 Å². The number of carbonyl (C=O) groups is 3. The molecule has 184 valence electrons. The average Bonchev–Trinajstić information content (AvgIpc) is 3.23. The van der Waals surface area contributed by atoms with Gasteiger partial charge in [-0.3, -0.25) is 14.4 Å². The fraction of sp³-hybridized carbons (Fsp3) is 0.542. The first kappa shape index (κ1) is 24.5. The topological polar surface area (TPSA) is 122 Å². The molecule has 4 rings (SSSR count). The highest BCUT2D eigenvalue weighted by Gasteiger charge is 2.44. The Morgan fingerprint density at radius 1 is 1.18 bits per heavy atom. The fourth-order valence-corrected chi connectivity index (χ4v) is 5.18. The van der Waals surface area contributed by atoms with E-state index in [9.17, 15) is 24.6 Å². The van der Waals surface area contributed by atoms with E-state index in [1.54, 1.807) is 17.0 Å². The molecule has 4 atom stereocenters. The third-order valence-electron chi connectivity index (χ3n) is 6.81. The molecule has 3 amide bonds. The van der Waals surface area contributed by atoms with Crippen LogP contribution >= 0.6 is 11.6 Å². The summed E-state index contributed by atoms with van der Waals surface area (Å²) < 4.78 is 0. The minimum atomic E-state index is -0.843. The van der Waals surface area contributed by atoms with Crippen LogP contribution in [0.3, 0.4) is 0 Å². The van der Waals surface area contributed by atoms with Crippen LogP contribution in [0.25, 0.3) is 0 Å². The zero-order valence-electron chi connectivity index (χ0n) is 19.2. The molecule has 1 fully saturated rings. The second-order valence-corrected chi connectivity index (χ2v) is 9.60. The van der Waals surface area contributed by atoms with Crippen LogP contribution in [0.4, 0.5) is 0 Å². The van der Waals surface area contributed by atoms with Crippen molar-refractivity contribution in [2.24, 2.45) is 5.92 Å². The first-order valence-electron chi connectivity index (χ1n) is 11.8. The maximum absolute atomic E-state index is 13.4. The minimum Gasteiger partial charge on any atom is -0.391 e. The highest BCUT2D eigenvalue weighted by molar-refractivity contribution is 6.30. The van der Waals surface area contributed by atoms with Gasteiger partial charge in [-0.05, 0) is 24.1 Å². The molecule has 1 aromatic rings. The lowest BCUT2D eigenvalue weighted by molar-refractivity contribution is -0.145. The van der Waals surface area contributed by atoms with Gasteiger partial charge in [0.2, 0.25) is 11.8 Å². The number of hydrogen-bond donors (Lipinski definition) is 4. The van der Waals surface area contributed by atoms with E-state index in [2.05, 4.69) is 17.6 Å². The van der Waals surface area contributed by atoms with Gasteiger partial charge in [0, 0.05) is 36.1 Å². The van der Waals surface area contributed by atoms with E-state index in [1.165, 1.54) is 4.90 Å². The van der Waals surface area contributed by atoms with Crippen molar-refractivity contribution in [3.05, 3.63) is 46.1 Å². The highest BCUT2D eigenvalue weighted by atomic mass is 35.5. The average molecular weight is 491 g/mol. The number of nitrogens with one attached hydrogen (secondary N) is 2.